The van der Waals surface area contributed by atoms with Crippen molar-refractivity contribution in [3.63, 3.8) is 0 Å². The molecule has 2 aliphatic rings. The molecule has 2 unspecified atom stereocenters. The van der Waals surface area contributed by atoms with E-state index < -0.39 is 0 Å². The van der Waals surface area contributed by atoms with Gasteiger partial charge in [0.25, 0.3) is 0 Å². The molecule has 1 aromatic heterocycles. The largest absolute Gasteiger partial charge is 0.497 e. The smallest absolute Gasteiger partial charge is 0.154 e. The molecule has 4 aromatic rings. The number of ketones is 1. The van der Waals surface area contributed by atoms with Crippen LogP contribution < -0.4 is 10.1 Å². The Hall–Kier alpha value is -3.37. The van der Waals surface area contributed by atoms with Crippen molar-refractivity contribution >= 4 is 16.7 Å². The fraction of sp³-hybridized carbons (Fsp3) is 0.323. The van der Waals surface area contributed by atoms with Crippen LogP contribution >= 0.6 is 0 Å². The summed E-state index contributed by atoms with van der Waals surface area (Å²) in [7, 11) is 1.72. The first kappa shape index (κ1) is 22.1. The van der Waals surface area contributed by atoms with Crippen molar-refractivity contribution in [3.05, 3.63) is 101 Å². The van der Waals surface area contributed by atoms with E-state index in [1.54, 1.807) is 7.11 Å². The van der Waals surface area contributed by atoms with Gasteiger partial charge in [-0.3, -0.25) is 4.79 Å². The number of rotatable bonds is 5. The van der Waals surface area contributed by atoms with Crippen LogP contribution in [0.4, 0.5) is 0 Å². The third-order valence-electron chi connectivity index (χ3n) is 8.40. The Morgan fingerprint density at radius 2 is 1.89 bits per heavy atom. The summed E-state index contributed by atoms with van der Waals surface area (Å²) < 4.78 is 5.62. The van der Waals surface area contributed by atoms with Gasteiger partial charge in [0.2, 0.25) is 0 Å². The molecule has 35 heavy (non-hydrogen) atoms. The normalized spacial score (nSPS) is 23.5. The monoisotopic (exact) mass is 464 g/mol. The predicted octanol–water partition coefficient (Wildman–Crippen LogP) is 5.31. The van der Waals surface area contributed by atoms with Crippen LogP contribution in [0.25, 0.3) is 10.9 Å². The van der Waals surface area contributed by atoms with E-state index in [-0.39, 0.29) is 23.2 Å². The van der Waals surface area contributed by atoms with Crippen LogP contribution in [0.3, 0.4) is 0 Å². The molecule has 1 aliphatic heterocycles. The Morgan fingerprint density at radius 1 is 1.06 bits per heavy atom. The van der Waals surface area contributed by atoms with Crippen LogP contribution in [-0.2, 0) is 29.5 Å². The lowest BCUT2D eigenvalue weighted by Gasteiger charge is -2.51. The number of aromatic nitrogens is 1. The first-order valence-electron chi connectivity index (χ1n) is 12.6. The molecule has 1 fully saturated rings. The number of nitrogens with one attached hydrogen (secondary N) is 2. The molecule has 3 atom stereocenters. The minimum Gasteiger partial charge on any atom is -0.497 e. The maximum Gasteiger partial charge on any atom is 0.154 e. The molecule has 2 heterocycles. The first-order valence-corrected chi connectivity index (χ1v) is 12.6. The second-order valence-corrected chi connectivity index (χ2v) is 10.3. The molecule has 4 heteroatoms. The van der Waals surface area contributed by atoms with E-state index in [9.17, 15) is 4.79 Å². The average molecular weight is 465 g/mol. The molecular formula is C31H32N2O2. The van der Waals surface area contributed by atoms with E-state index in [2.05, 4.69) is 65.8 Å². The van der Waals surface area contributed by atoms with Crippen LogP contribution in [0, 0.1) is 12.8 Å². The van der Waals surface area contributed by atoms with Gasteiger partial charge in [-0.05, 0) is 79.1 Å². The summed E-state index contributed by atoms with van der Waals surface area (Å²) in [6, 6.07) is 25.0. The van der Waals surface area contributed by atoms with Crippen molar-refractivity contribution in [2.75, 3.05) is 13.7 Å². The molecule has 0 saturated carbocycles. The van der Waals surface area contributed by atoms with Gasteiger partial charge in [-0.25, -0.2) is 0 Å². The molecule has 3 aromatic carbocycles. The van der Waals surface area contributed by atoms with Gasteiger partial charge in [0, 0.05) is 28.4 Å². The van der Waals surface area contributed by atoms with Crippen molar-refractivity contribution in [1.82, 2.24) is 10.3 Å². The number of Topliss-reactive ketones (excluding diaryl/α,β-unsaturated/α-hetero) is 1. The van der Waals surface area contributed by atoms with Crippen LogP contribution in [0.1, 0.15) is 34.4 Å². The van der Waals surface area contributed by atoms with Gasteiger partial charge in [-0.1, -0.05) is 54.6 Å². The minimum atomic E-state index is -0.183. The lowest BCUT2D eigenvalue weighted by atomic mass is 9.56. The maximum absolute atomic E-state index is 13.8. The number of H-pyrrole nitrogens is 1. The molecule has 0 spiro atoms. The standard InChI is InChI=1S/C31H32N2O2/c1-20-8-6-13-26-29(20)24-18-25-30(28(34)16-21-9-4-3-5-10-21)32-15-14-31(25,19-27(24)33-26)22-11-7-12-23(17-22)35-2/h3-13,17,25,30,32-33H,14-16,18-19H2,1-2H3/t25?,30?,31-/m1/s1. The lowest BCUT2D eigenvalue weighted by Crippen LogP contribution is -2.60. The number of carbonyl (C=O) groups excluding carboxylic acids is 1. The number of carbonyl (C=O) groups is 1. The number of hydrogen-bond acceptors (Lipinski definition) is 3. The van der Waals surface area contributed by atoms with E-state index in [1.807, 2.05) is 24.3 Å². The molecule has 0 radical (unpaired) electrons. The zero-order chi connectivity index (χ0) is 24.0. The highest BCUT2D eigenvalue weighted by molar-refractivity contribution is 5.90. The number of hydrogen-bond donors (Lipinski definition) is 2. The van der Waals surface area contributed by atoms with Gasteiger partial charge in [0.15, 0.2) is 5.78 Å². The summed E-state index contributed by atoms with van der Waals surface area (Å²) >= 11 is 0. The highest BCUT2D eigenvalue weighted by Crippen LogP contribution is 2.50. The fourth-order valence-electron chi connectivity index (χ4n) is 6.74. The van der Waals surface area contributed by atoms with E-state index in [0.29, 0.717) is 6.42 Å². The molecule has 2 N–H and O–H groups in total. The Kier molecular flexibility index (Phi) is 5.49. The summed E-state index contributed by atoms with van der Waals surface area (Å²) in [5.41, 5.74) is 7.45. The molecule has 1 aliphatic carbocycles. The molecular weight excluding hydrogens is 432 g/mol. The third kappa shape index (κ3) is 3.68. The summed E-state index contributed by atoms with van der Waals surface area (Å²) in [5, 5.41) is 4.99. The highest BCUT2D eigenvalue weighted by Gasteiger charge is 2.52. The molecule has 0 amide bonds. The van der Waals surface area contributed by atoms with Crippen LogP contribution in [0.2, 0.25) is 0 Å². The summed E-state index contributed by atoms with van der Waals surface area (Å²) in [4.78, 5) is 17.6. The SMILES string of the molecule is COc1cccc([C@]23CCNC(C(=O)Cc4ccccc4)C2Cc2c([nH]c4cccc(C)c24)C3)c1. The molecule has 178 valence electrons. The van der Waals surface area contributed by atoms with Gasteiger partial charge < -0.3 is 15.0 Å². The number of piperidine rings is 1. The van der Waals surface area contributed by atoms with Crippen LogP contribution in [-0.4, -0.2) is 30.5 Å². The number of ether oxygens (including phenoxy) is 1. The quantitative estimate of drug-likeness (QED) is 0.421. The lowest BCUT2D eigenvalue weighted by molar-refractivity contribution is -0.123. The topological polar surface area (TPSA) is 54.1 Å². The van der Waals surface area contributed by atoms with E-state index in [4.69, 9.17) is 4.74 Å². The fourth-order valence-corrected chi connectivity index (χ4v) is 6.74. The first-order chi connectivity index (χ1) is 17.1. The number of aromatic amines is 1. The van der Waals surface area contributed by atoms with Crippen molar-refractivity contribution in [2.45, 2.75) is 44.1 Å². The summed E-state index contributed by atoms with van der Waals surface area (Å²) in [5.74, 6) is 1.33. The average Bonchev–Trinajstić information content (AvgIpc) is 3.25. The Morgan fingerprint density at radius 3 is 2.71 bits per heavy atom. The van der Waals surface area contributed by atoms with Gasteiger partial charge in [0.1, 0.15) is 5.75 Å². The van der Waals surface area contributed by atoms with E-state index >= 15 is 0 Å². The number of methoxy groups -OCH3 is 1. The Labute approximate surface area is 206 Å². The van der Waals surface area contributed by atoms with E-state index in [0.717, 1.165) is 37.1 Å². The molecule has 6 rings (SSSR count). The number of aryl methyl sites for hydroxylation is 1. The summed E-state index contributed by atoms with van der Waals surface area (Å²) in [6.07, 6.45) is 3.25. The van der Waals surface area contributed by atoms with Crippen molar-refractivity contribution in [3.8, 4) is 5.75 Å². The van der Waals surface area contributed by atoms with Gasteiger partial charge in [-0.2, -0.15) is 0 Å². The molecule has 1 saturated heterocycles. The van der Waals surface area contributed by atoms with Gasteiger partial charge >= 0.3 is 0 Å². The molecule has 0 bridgehead atoms. The van der Waals surface area contributed by atoms with E-state index in [1.165, 1.54) is 33.3 Å². The highest BCUT2D eigenvalue weighted by atomic mass is 16.5. The Balaban J connectivity index is 1.48. The van der Waals surface area contributed by atoms with Crippen molar-refractivity contribution < 1.29 is 9.53 Å². The molecule has 4 nitrogen and oxygen atoms in total. The zero-order valence-electron chi connectivity index (χ0n) is 20.4. The maximum atomic E-state index is 13.8. The van der Waals surface area contributed by atoms with Gasteiger partial charge in [-0.15, -0.1) is 0 Å². The van der Waals surface area contributed by atoms with Crippen LogP contribution in [0.5, 0.6) is 5.75 Å². The number of fused-ring (bicyclic) bond motifs is 4. The second kappa shape index (κ2) is 8.69. The zero-order valence-corrected chi connectivity index (χ0v) is 20.4. The Bertz CT molecular complexity index is 1390. The summed E-state index contributed by atoms with van der Waals surface area (Å²) in [6.45, 7) is 3.02. The minimum absolute atomic E-state index is 0.126. The van der Waals surface area contributed by atoms with Gasteiger partial charge in [0.05, 0.1) is 13.2 Å². The third-order valence-corrected chi connectivity index (χ3v) is 8.40. The van der Waals surface area contributed by atoms with Crippen molar-refractivity contribution in [2.24, 2.45) is 5.92 Å². The van der Waals surface area contributed by atoms with Crippen LogP contribution in [0.15, 0.2) is 72.8 Å². The van der Waals surface area contributed by atoms with Crippen molar-refractivity contribution in [1.29, 1.82) is 0 Å². The second-order valence-electron chi connectivity index (χ2n) is 10.3. The number of benzene rings is 3. The predicted molar refractivity (Wildman–Crippen MR) is 140 cm³/mol.